The molecule has 0 atom stereocenters. The summed E-state index contributed by atoms with van der Waals surface area (Å²) in [5, 5.41) is 13.4. The fourth-order valence-corrected chi connectivity index (χ4v) is 1.10. The summed E-state index contributed by atoms with van der Waals surface area (Å²) >= 11 is 0. The van der Waals surface area contributed by atoms with E-state index in [0.717, 1.165) is 5.56 Å². The number of carbonyl (C=O) groups excluding carboxylic acids is 1. The predicted octanol–water partition coefficient (Wildman–Crippen LogP) is 1.59. The zero-order valence-corrected chi connectivity index (χ0v) is 8.99. The Kier molecular flexibility index (Phi) is 4.32. The van der Waals surface area contributed by atoms with Crippen molar-refractivity contribution in [3.05, 3.63) is 29.8 Å². The lowest BCUT2D eigenvalue weighted by atomic mass is 10.2. The van der Waals surface area contributed by atoms with E-state index in [0.29, 0.717) is 5.69 Å². The summed E-state index contributed by atoms with van der Waals surface area (Å²) in [6, 6.07) is 6.93. The van der Waals surface area contributed by atoms with Crippen LogP contribution in [0.25, 0.3) is 0 Å². The molecule has 0 fully saturated rings. The van der Waals surface area contributed by atoms with Gasteiger partial charge in [0.15, 0.2) is 0 Å². The lowest BCUT2D eigenvalue weighted by Crippen LogP contribution is -2.30. The number of aliphatic carboxylic acids is 1. The number of hydrogen-bond acceptors (Lipinski definition) is 2. The van der Waals surface area contributed by atoms with Crippen molar-refractivity contribution in [2.45, 2.75) is 13.3 Å². The van der Waals surface area contributed by atoms with Gasteiger partial charge in [-0.15, -0.1) is 0 Å². The summed E-state index contributed by atoms with van der Waals surface area (Å²) in [6.07, 6.45) is -0.0820. The molecule has 0 unspecified atom stereocenters. The molecule has 0 radical (unpaired) electrons. The summed E-state index contributed by atoms with van der Waals surface area (Å²) in [5.41, 5.74) is 1.79. The first-order valence-electron chi connectivity index (χ1n) is 4.91. The van der Waals surface area contributed by atoms with Crippen LogP contribution in [0.3, 0.4) is 0 Å². The van der Waals surface area contributed by atoms with Gasteiger partial charge in [0, 0.05) is 12.2 Å². The van der Waals surface area contributed by atoms with E-state index in [9.17, 15) is 9.59 Å². The summed E-state index contributed by atoms with van der Waals surface area (Å²) in [7, 11) is 0. The molecule has 5 heteroatoms. The van der Waals surface area contributed by atoms with E-state index in [1.165, 1.54) is 0 Å². The molecular formula is C11H14N2O3. The number of nitrogens with one attached hydrogen (secondary N) is 2. The number of carbonyl (C=O) groups is 2. The van der Waals surface area contributed by atoms with Gasteiger partial charge in [0.25, 0.3) is 0 Å². The van der Waals surface area contributed by atoms with Gasteiger partial charge >= 0.3 is 12.0 Å². The van der Waals surface area contributed by atoms with Crippen molar-refractivity contribution in [3.8, 4) is 0 Å². The fourth-order valence-electron chi connectivity index (χ4n) is 1.10. The van der Waals surface area contributed by atoms with Crippen molar-refractivity contribution in [2.75, 3.05) is 11.9 Å². The van der Waals surface area contributed by atoms with E-state index in [2.05, 4.69) is 10.6 Å². The van der Waals surface area contributed by atoms with Gasteiger partial charge in [0.05, 0.1) is 6.42 Å². The standard InChI is InChI=1S/C11H14N2O3/c1-8-2-4-9(5-3-8)13-11(16)12-7-6-10(14)15/h2-5H,6-7H2,1H3,(H,14,15)(H2,12,13,16). The number of aryl methyl sites for hydroxylation is 1. The molecule has 1 aromatic carbocycles. The average Bonchev–Trinajstić information content (AvgIpc) is 2.21. The molecule has 0 spiro atoms. The molecule has 0 saturated carbocycles. The third-order valence-corrected chi connectivity index (χ3v) is 1.93. The number of carboxylic acid groups (broad SMARTS) is 1. The van der Waals surface area contributed by atoms with E-state index in [1.54, 1.807) is 12.1 Å². The molecule has 0 aliphatic rings. The number of rotatable bonds is 4. The van der Waals surface area contributed by atoms with Crippen LogP contribution in [-0.4, -0.2) is 23.7 Å². The summed E-state index contributed by atoms with van der Waals surface area (Å²) in [6.45, 7) is 2.07. The average molecular weight is 222 g/mol. The van der Waals surface area contributed by atoms with Crippen LogP contribution in [0.2, 0.25) is 0 Å². The van der Waals surface area contributed by atoms with Crippen LogP contribution in [-0.2, 0) is 4.79 Å². The molecule has 5 nitrogen and oxygen atoms in total. The summed E-state index contributed by atoms with van der Waals surface area (Å²) in [5.74, 6) is -0.935. The number of benzene rings is 1. The Bertz CT molecular complexity index is 373. The van der Waals surface area contributed by atoms with E-state index in [-0.39, 0.29) is 13.0 Å². The van der Waals surface area contributed by atoms with Crippen molar-refractivity contribution in [2.24, 2.45) is 0 Å². The molecule has 1 rings (SSSR count). The molecule has 1 aromatic rings. The van der Waals surface area contributed by atoms with Crippen molar-refractivity contribution in [1.29, 1.82) is 0 Å². The highest BCUT2D eigenvalue weighted by Gasteiger charge is 2.02. The first-order chi connectivity index (χ1) is 7.58. The van der Waals surface area contributed by atoms with Crippen molar-refractivity contribution in [1.82, 2.24) is 5.32 Å². The largest absolute Gasteiger partial charge is 0.481 e. The van der Waals surface area contributed by atoms with Crippen LogP contribution in [0, 0.1) is 6.92 Å². The van der Waals surface area contributed by atoms with Crippen LogP contribution in [0.15, 0.2) is 24.3 Å². The lowest BCUT2D eigenvalue weighted by molar-refractivity contribution is -0.136. The van der Waals surface area contributed by atoms with Gasteiger partial charge in [-0.2, -0.15) is 0 Å². The summed E-state index contributed by atoms with van der Waals surface area (Å²) in [4.78, 5) is 21.5. The molecule has 86 valence electrons. The molecular weight excluding hydrogens is 208 g/mol. The maximum absolute atomic E-state index is 11.3. The Labute approximate surface area is 93.5 Å². The minimum absolute atomic E-state index is 0.0820. The Morgan fingerprint density at radius 3 is 2.44 bits per heavy atom. The van der Waals surface area contributed by atoms with Gasteiger partial charge < -0.3 is 15.7 Å². The van der Waals surface area contributed by atoms with Gasteiger partial charge in [-0.25, -0.2) is 4.79 Å². The molecule has 0 aromatic heterocycles. The van der Waals surface area contributed by atoms with E-state index < -0.39 is 12.0 Å². The SMILES string of the molecule is Cc1ccc(NC(=O)NCCC(=O)O)cc1. The lowest BCUT2D eigenvalue weighted by Gasteiger charge is -2.06. The second kappa shape index (κ2) is 5.75. The Hall–Kier alpha value is -2.04. The van der Waals surface area contributed by atoms with Crippen LogP contribution in [0.5, 0.6) is 0 Å². The van der Waals surface area contributed by atoms with Crippen molar-refractivity contribution >= 4 is 17.7 Å². The van der Waals surface area contributed by atoms with Crippen LogP contribution in [0.4, 0.5) is 10.5 Å². The minimum Gasteiger partial charge on any atom is -0.481 e. The zero-order chi connectivity index (χ0) is 12.0. The number of anilines is 1. The van der Waals surface area contributed by atoms with Crippen LogP contribution < -0.4 is 10.6 Å². The fraction of sp³-hybridized carbons (Fsp3) is 0.273. The monoisotopic (exact) mass is 222 g/mol. The number of urea groups is 1. The van der Waals surface area contributed by atoms with Gasteiger partial charge in [0.2, 0.25) is 0 Å². The molecule has 0 aliphatic heterocycles. The highest BCUT2D eigenvalue weighted by atomic mass is 16.4. The molecule has 2 amide bonds. The normalized spacial score (nSPS) is 9.56. The van der Waals surface area contributed by atoms with Gasteiger partial charge in [0.1, 0.15) is 0 Å². The predicted molar refractivity (Wildman–Crippen MR) is 60.5 cm³/mol. The maximum Gasteiger partial charge on any atom is 0.319 e. The third kappa shape index (κ3) is 4.45. The van der Waals surface area contributed by atoms with Crippen molar-refractivity contribution < 1.29 is 14.7 Å². The number of amides is 2. The van der Waals surface area contributed by atoms with Crippen molar-refractivity contribution in [3.63, 3.8) is 0 Å². The second-order valence-electron chi connectivity index (χ2n) is 3.39. The van der Waals surface area contributed by atoms with E-state index in [4.69, 9.17) is 5.11 Å². The van der Waals surface area contributed by atoms with Gasteiger partial charge in [-0.05, 0) is 19.1 Å². The quantitative estimate of drug-likeness (QED) is 0.723. The molecule has 3 N–H and O–H groups in total. The molecule has 0 saturated heterocycles. The van der Waals surface area contributed by atoms with E-state index >= 15 is 0 Å². The molecule has 0 bridgehead atoms. The number of carboxylic acids is 1. The molecule has 16 heavy (non-hydrogen) atoms. The Morgan fingerprint density at radius 1 is 1.25 bits per heavy atom. The van der Waals surface area contributed by atoms with Crippen LogP contribution in [0.1, 0.15) is 12.0 Å². The zero-order valence-electron chi connectivity index (χ0n) is 8.99. The molecule has 0 aliphatic carbocycles. The maximum atomic E-state index is 11.3. The Balaban J connectivity index is 2.34. The van der Waals surface area contributed by atoms with Gasteiger partial charge in [-0.1, -0.05) is 17.7 Å². The smallest absolute Gasteiger partial charge is 0.319 e. The summed E-state index contributed by atoms with van der Waals surface area (Å²) < 4.78 is 0. The topological polar surface area (TPSA) is 78.4 Å². The number of hydrogen-bond donors (Lipinski definition) is 3. The third-order valence-electron chi connectivity index (χ3n) is 1.93. The van der Waals surface area contributed by atoms with E-state index in [1.807, 2.05) is 19.1 Å². The second-order valence-corrected chi connectivity index (χ2v) is 3.39. The Morgan fingerprint density at radius 2 is 1.88 bits per heavy atom. The molecule has 0 heterocycles. The highest BCUT2D eigenvalue weighted by Crippen LogP contribution is 2.07. The van der Waals surface area contributed by atoms with Crippen LogP contribution >= 0.6 is 0 Å². The highest BCUT2D eigenvalue weighted by molar-refractivity contribution is 5.89. The first-order valence-corrected chi connectivity index (χ1v) is 4.91. The first kappa shape index (κ1) is 12.0. The van der Waals surface area contributed by atoms with Gasteiger partial charge in [-0.3, -0.25) is 4.79 Å². The minimum atomic E-state index is -0.935.